The molecule has 0 aliphatic carbocycles. The fourth-order valence-corrected chi connectivity index (χ4v) is 7.50. The van der Waals surface area contributed by atoms with Crippen LogP contribution in [0.4, 0.5) is 0 Å². The van der Waals surface area contributed by atoms with E-state index in [1.54, 1.807) is 22.3 Å². The quantitative estimate of drug-likeness (QED) is 0.547. The molecule has 0 saturated carbocycles. The molecule has 3 heterocycles. The maximum atomic E-state index is 13.0. The number of carbonyl (C=O) groups is 1. The molecule has 1 aliphatic rings. The fraction of sp³-hybridized carbons (Fsp3) is 0.364. The Morgan fingerprint density at radius 3 is 2.45 bits per heavy atom. The maximum Gasteiger partial charge on any atom is 0.244 e. The third-order valence-corrected chi connectivity index (χ3v) is 9.35. The van der Waals surface area contributed by atoms with Crippen LogP contribution >= 0.6 is 22.7 Å². The highest BCUT2D eigenvalue weighted by Crippen LogP contribution is 2.28. The number of sulfonamides is 1. The molecule has 164 valence electrons. The standard InChI is InChI=1S/C22H25N3O3S3/c1-16-12-20(17(2)30-16)31(27,28)25-10-8-24(9-11-25)22(26)14-19-15-29-21(23-19)13-18-6-4-3-5-7-18/h3-7,12,15H,8-11,13-14H2,1-2H3. The van der Waals surface area contributed by atoms with Gasteiger partial charge in [0.05, 0.1) is 22.0 Å². The van der Waals surface area contributed by atoms with Crippen LogP contribution in [0.1, 0.15) is 26.0 Å². The molecule has 0 N–H and O–H groups in total. The lowest BCUT2D eigenvalue weighted by Gasteiger charge is -2.34. The molecular formula is C22H25N3O3S3. The van der Waals surface area contributed by atoms with Crippen molar-refractivity contribution in [3.05, 3.63) is 67.8 Å². The van der Waals surface area contributed by atoms with E-state index < -0.39 is 10.0 Å². The maximum absolute atomic E-state index is 13.0. The van der Waals surface area contributed by atoms with Crippen molar-refractivity contribution in [3.8, 4) is 0 Å². The molecule has 4 rings (SSSR count). The molecule has 1 fully saturated rings. The van der Waals surface area contributed by atoms with Crippen LogP contribution in [0, 0.1) is 13.8 Å². The van der Waals surface area contributed by atoms with Gasteiger partial charge in [0.15, 0.2) is 0 Å². The predicted molar refractivity (Wildman–Crippen MR) is 124 cm³/mol. The number of hydrogen-bond acceptors (Lipinski definition) is 6. The molecule has 0 unspecified atom stereocenters. The van der Waals surface area contributed by atoms with E-state index in [-0.39, 0.29) is 12.3 Å². The van der Waals surface area contributed by atoms with Crippen molar-refractivity contribution in [3.63, 3.8) is 0 Å². The second-order valence-electron chi connectivity index (χ2n) is 7.63. The van der Waals surface area contributed by atoms with Crippen molar-refractivity contribution in [2.24, 2.45) is 0 Å². The molecule has 3 aromatic rings. The van der Waals surface area contributed by atoms with Gasteiger partial charge in [0.25, 0.3) is 0 Å². The third-order valence-electron chi connectivity index (χ3n) is 5.33. The average Bonchev–Trinajstić information content (AvgIpc) is 3.34. The molecule has 0 atom stereocenters. The van der Waals surface area contributed by atoms with Gasteiger partial charge in [0, 0.05) is 47.7 Å². The zero-order valence-electron chi connectivity index (χ0n) is 17.6. The Balaban J connectivity index is 1.33. The Hall–Kier alpha value is -2.07. The van der Waals surface area contributed by atoms with Crippen molar-refractivity contribution in [2.75, 3.05) is 26.2 Å². The van der Waals surface area contributed by atoms with Crippen molar-refractivity contribution in [1.82, 2.24) is 14.2 Å². The van der Waals surface area contributed by atoms with E-state index in [2.05, 4.69) is 17.1 Å². The van der Waals surface area contributed by atoms with E-state index in [0.29, 0.717) is 31.1 Å². The van der Waals surface area contributed by atoms with E-state index in [1.165, 1.54) is 21.2 Å². The molecular weight excluding hydrogens is 450 g/mol. The normalized spacial score (nSPS) is 15.4. The van der Waals surface area contributed by atoms with Crippen LogP contribution < -0.4 is 0 Å². The SMILES string of the molecule is Cc1cc(S(=O)(=O)N2CCN(C(=O)Cc3csc(Cc4ccccc4)n3)CC2)c(C)s1. The summed E-state index contributed by atoms with van der Waals surface area (Å²) < 4.78 is 27.4. The van der Waals surface area contributed by atoms with Gasteiger partial charge < -0.3 is 4.90 Å². The first-order valence-electron chi connectivity index (χ1n) is 10.1. The lowest BCUT2D eigenvalue weighted by Crippen LogP contribution is -2.50. The smallest absolute Gasteiger partial charge is 0.244 e. The largest absolute Gasteiger partial charge is 0.340 e. The number of hydrogen-bond donors (Lipinski definition) is 0. The van der Waals surface area contributed by atoms with Gasteiger partial charge in [-0.3, -0.25) is 4.79 Å². The number of carbonyl (C=O) groups excluding carboxylic acids is 1. The lowest BCUT2D eigenvalue weighted by molar-refractivity contribution is -0.131. The predicted octanol–water partition coefficient (Wildman–Crippen LogP) is 3.49. The number of piperazine rings is 1. The zero-order valence-corrected chi connectivity index (χ0v) is 20.0. The van der Waals surface area contributed by atoms with Crippen LogP contribution in [0.15, 0.2) is 46.7 Å². The minimum atomic E-state index is -3.51. The van der Waals surface area contributed by atoms with Crippen LogP contribution in [-0.4, -0.2) is 54.7 Å². The van der Waals surface area contributed by atoms with Crippen LogP contribution in [0.3, 0.4) is 0 Å². The number of thiophene rings is 1. The van der Waals surface area contributed by atoms with Gasteiger partial charge >= 0.3 is 0 Å². The van der Waals surface area contributed by atoms with Crippen LogP contribution in [-0.2, 0) is 27.7 Å². The second-order valence-corrected chi connectivity index (χ2v) is 11.9. The van der Waals surface area contributed by atoms with Gasteiger partial charge in [-0.25, -0.2) is 13.4 Å². The van der Waals surface area contributed by atoms with Gasteiger partial charge in [-0.1, -0.05) is 30.3 Å². The summed E-state index contributed by atoms with van der Waals surface area (Å²) in [6.07, 6.45) is 1.01. The van der Waals surface area contributed by atoms with E-state index in [0.717, 1.165) is 26.9 Å². The molecule has 0 bridgehead atoms. The second kappa shape index (κ2) is 9.20. The summed E-state index contributed by atoms with van der Waals surface area (Å²) >= 11 is 3.06. The Labute approximate surface area is 191 Å². The number of aryl methyl sites for hydroxylation is 2. The highest BCUT2D eigenvalue weighted by molar-refractivity contribution is 7.89. The van der Waals surface area contributed by atoms with Crippen molar-refractivity contribution in [2.45, 2.75) is 31.6 Å². The van der Waals surface area contributed by atoms with Gasteiger partial charge in [-0.05, 0) is 25.5 Å². The molecule has 6 nitrogen and oxygen atoms in total. The summed E-state index contributed by atoms with van der Waals surface area (Å²) in [5, 5.41) is 2.93. The summed E-state index contributed by atoms with van der Waals surface area (Å²) in [4.78, 5) is 21.3. The van der Waals surface area contributed by atoms with Crippen molar-refractivity contribution in [1.29, 1.82) is 0 Å². The average molecular weight is 476 g/mol. The molecule has 2 aromatic heterocycles. The Kier molecular flexibility index (Phi) is 6.57. The van der Waals surface area contributed by atoms with Crippen molar-refractivity contribution >= 4 is 38.6 Å². The minimum Gasteiger partial charge on any atom is -0.340 e. The summed E-state index contributed by atoms with van der Waals surface area (Å²) in [6, 6.07) is 11.9. The first-order chi connectivity index (χ1) is 14.8. The Bertz CT molecular complexity index is 1160. The van der Waals surface area contributed by atoms with Crippen LogP contribution in [0.5, 0.6) is 0 Å². The highest BCUT2D eigenvalue weighted by Gasteiger charge is 2.32. The topological polar surface area (TPSA) is 70.6 Å². The molecule has 0 spiro atoms. The number of aromatic nitrogens is 1. The summed E-state index contributed by atoms with van der Waals surface area (Å²) in [5.41, 5.74) is 1.98. The monoisotopic (exact) mass is 475 g/mol. The van der Waals surface area contributed by atoms with Gasteiger partial charge in [-0.2, -0.15) is 4.31 Å². The van der Waals surface area contributed by atoms with E-state index in [1.807, 2.05) is 37.4 Å². The lowest BCUT2D eigenvalue weighted by atomic mass is 10.2. The third kappa shape index (κ3) is 5.06. The van der Waals surface area contributed by atoms with Crippen molar-refractivity contribution < 1.29 is 13.2 Å². The highest BCUT2D eigenvalue weighted by atomic mass is 32.2. The Morgan fingerprint density at radius 1 is 1.10 bits per heavy atom. The van der Waals surface area contributed by atoms with Gasteiger partial charge in [0.1, 0.15) is 0 Å². The number of rotatable bonds is 6. The van der Waals surface area contributed by atoms with Gasteiger partial charge in [-0.15, -0.1) is 22.7 Å². The molecule has 1 aliphatic heterocycles. The molecule has 31 heavy (non-hydrogen) atoms. The number of benzene rings is 1. The number of amides is 1. The molecule has 1 amide bonds. The molecule has 1 aromatic carbocycles. The van der Waals surface area contributed by atoms with E-state index in [4.69, 9.17) is 0 Å². The van der Waals surface area contributed by atoms with Gasteiger partial charge in [0.2, 0.25) is 15.9 Å². The fourth-order valence-electron chi connectivity index (χ4n) is 3.73. The molecule has 1 saturated heterocycles. The number of thiazole rings is 1. The molecule has 0 radical (unpaired) electrons. The first kappa shape index (κ1) is 22.1. The summed E-state index contributed by atoms with van der Waals surface area (Å²) in [7, 11) is -3.51. The molecule has 9 heteroatoms. The first-order valence-corrected chi connectivity index (χ1v) is 13.3. The minimum absolute atomic E-state index is 0.00355. The van der Waals surface area contributed by atoms with E-state index in [9.17, 15) is 13.2 Å². The van der Waals surface area contributed by atoms with Crippen LogP contribution in [0.2, 0.25) is 0 Å². The summed E-state index contributed by atoms with van der Waals surface area (Å²) in [6.45, 7) is 5.20. The van der Waals surface area contributed by atoms with Crippen LogP contribution in [0.25, 0.3) is 0 Å². The number of nitrogens with zero attached hydrogens (tertiary/aromatic N) is 3. The summed E-state index contributed by atoms with van der Waals surface area (Å²) in [5.74, 6) is -0.00355. The van der Waals surface area contributed by atoms with E-state index >= 15 is 0 Å². The zero-order chi connectivity index (χ0) is 22.0. The Morgan fingerprint density at radius 2 is 1.81 bits per heavy atom.